The van der Waals surface area contributed by atoms with E-state index in [2.05, 4.69) is 6.92 Å². The third-order valence-corrected chi connectivity index (χ3v) is 10.6. The summed E-state index contributed by atoms with van der Waals surface area (Å²) in [6.07, 6.45) is 25.6. The van der Waals surface area contributed by atoms with Gasteiger partial charge in [0.1, 0.15) is 0 Å². The molecular formula is C31H52F2O. The molecule has 3 heteroatoms. The van der Waals surface area contributed by atoms with Gasteiger partial charge in [-0.05, 0) is 118 Å². The molecule has 196 valence electrons. The quantitative estimate of drug-likeness (QED) is 0.300. The van der Waals surface area contributed by atoms with Crippen LogP contribution >= 0.6 is 0 Å². The number of allylic oxidation sites excluding steroid dienone is 1. The van der Waals surface area contributed by atoms with Gasteiger partial charge in [0.05, 0.1) is 6.10 Å². The first-order valence-corrected chi connectivity index (χ1v) is 15.2. The predicted molar refractivity (Wildman–Crippen MR) is 138 cm³/mol. The fourth-order valence-corrected chi connectivity index (χ4v) is 8.17. The van der Waals surface area contributed by atoms with Gasteiger partial charge in [0.25, 0.3) is 6.08 Å². The highest BCUT2D eigenvalue weighted by molar-refractivity contribution is 4.92. The first-order chi connectivity index (χ1) is 16.6. The van der Waals surface area contributed by atoms with Crippen molar-refractivity contribution in [2.75, 3.05) is 6.61 Å². The van der Waals surface area contributed by atoms with Crippen molar-refractivity contribution in [1.29, 1.82) is 0 Å². The van der Waals surface area contributed by atoms with E-state index in [1.54, 1.807) is 0 Å². The molecule has 3 saturated carbocycles. The molecule has 4 aliphatic rings. The van der Waals surface area contributed by atoms with Crippen LogP contribution < -0.4 is 0 Å². The Bertz CT molecular complexity index is 583. The van der Waals surface area contributed by atoms with Crippen LogP contribution in [0.2, 0.25) is 0 Å². The molecule has 0 amide bonds. The van der Waals surface area contributed by atoms with Crippen LogP contribution in [-0.2, 0) is 4.74 Å². The Morgan fingerprint density at radius 3 is 1.74 bits per heavy atom. The summed E-state index contributed by atoms with van der Waals surface area (Å²) in [5, 5.41) is 0. The third-order valence-electron chi connectivity index (χ3n) is 10.6. The van der Waals surface area contributed by atoms with Gasteiger partial charge in [-0.15, -0.1) is 0 Å². The van der Waals surface area contributed by atoms with E-state index in [1.165, 1.54) is 115 Å². The molecule has 2 atom stereocenters. The highest BCUT2D eigenvalue weighted by Gasteiger charge is 2.32. The van der Waals surface area contributed by atoms with Gasteiger partial charge in [-0.1, -0.05) is 58.3 Å². The molecule has 1 nitrogen and oxygen atoms in total. The maximum Gasteiger partial charge on any atom is 0.266 e. The van der Waals surface area contributed by atoms with Crippen molar-refractivity contribution in [3.63, 3.8) is 0 Å². The fourth-order valence-electron chi connectivity index (χ4n) is 8.17. The van der Waals surface area contributed by atoms with Crippen molar-refractivity contribution >= 4 is 0 Å². The molecule has 0 spiro atoms. The van der Waals surface area contributed by atoms with Gasteiger partial charge < -0.3 is 4.74 Å². The topological polar surface area (TPSA) is 9.23 Å². The number of hydrogen-bond acceptors (Lipinski definition) is 1. The highest BCUT2D eigenvalue weighted by atomic mass is 19.3. The molecular weight excluding hydrogens is 426 g/mol. The number of ether oxygens (including phenoxy) is 1. The summed E-state index contributed by atoms with van der Waals surface area (Å²) >= 11 is 0. The van der Waals surface area contributed by atoms with Crippen LogP contribution in [0.15, 0.2) is 12.2 Å². The number of halogens is 2. The summed E-state index contributed by atoms with van der Waals surface area (Å²) in [6.45, 7) is 3.38. The fraction of sp³-hybridized carbons (Fsp3) is 0.935. The smallest absolute Gasteiger partial charge is 0.266 e. The minimum Gasteiger partial charge on any atom is -0.378 e. The maximum absolute atomic E-state index is 12.5. The van der Waals surface area contributed by atoms with Gasteiger partial charge in [-0.3, -0.25) is 0 Å². The lowest BCUT2D eigenvalue weighted by atomic mass is 9.68. The van der Waals surface area contributed by atoms with E-state index in [-0.39, 0.29) is 5.92 Å². The summed E-state index contributed by atoms with van der Waals surface area (Å²) in [5.74, 6) is 5.42. The first kappa shape index (κ1) is 26.6. The lowest BCUT2D eigenvalue weighted by molar-refractivity contribution is -0.0598. The standard InChI is InChI=1S/C31H52F2O/c1-2-23-7-18-29(19-8-23)30-20-13-26(22-34-30)6-4-3-5-24-9-14-27(15-10-24)28-16-11-25(12-17-28)21-31(32)33/h21,23-30H,2-20,22H2,1H3. The van der Waals surface area contributed by atoms with Crippen LogP contribution in [-0.4, -0.2) is 12.7 Å². The van der Waals surface area contributed by atoms with Gasteiger partial charge in [0.2, 0.25) is 0 Å². The molecule has 0 aromatic carbocycles. The van der Waals surface area contributed by atoms with E-state index >= 15 is 0 Å². The second-order valence-corrected chi connectivity index (χ2v) is 12.7. The predicted octanol–water partition coefficient (Wildman–Crippen LogP) is 9.95. The van der Waals surface area contributed by atoms with Gasteiger partial charge in [0.15, 0.2) is 0 Å². The number of unbranched alkanes of at least 4 members (excludes halogenated alkanes) is 1. The van der Waals surface area contributed by atoms with Crippen LogP contribution in [0.5, 0.6) is 0 Å². The molecule has 0 radical (unpaired) electrons. The Balaban J connectivity index is 1.02. The van der Waals surface area contributed by atoms with Crippen LogP contribution in [0.4, 0.5) is 8.78 Å². The molecule has 1 heterocycles. The molecule has 0 bridgehead atoms. The van der Waals surface area contributed by atoms with Gasteiger partial charge in [-0.25, -0.2) is 0 Å². The van der Waals surface area contributed by atoms with Crippen molar-refractivity contribution in [3.8, 4) is 0 Å². The van der Waals surface area contributed by atoms with Crippen LogP contribution in [0.3, 0.4) is 0 Å². The summed E-state index contributed by atoms with van der Waals surface area (Å²) in [6, 6.07) is 0. The Labute approximate surface area is 208 Å². The van der Waals surface area contributed by atoms with E-state index in [4.69, 9.17) is 4.74 Å². The molecule has 1 saturated heterocycles. The van der Waals surface area contributed by atoms with Crippen LogP contribution in [0, 0.1) is 41.4 Å². The van der Waals surface area contributed by atoms with Crippen molar-refractivity contribution < 1.29 is 13.5 Å². The summed E-state index contributed by atoms with van der Waals surface area (Å²) in [4.78, 5) is 0. The molecule has 3 aliphatic carbocycles. The van der Waals surface area contributed by atoms with E-state index < -0.39 is 6.08 Å². The second-order valence-electron chi connectivity index (χ2n) is 12.7. The zero-order valence-corrected chi connectivity index (χ0v) is 22.0. The zero-order valence-electron chi connectivity index (χ0n) is 22.0. The van der Waals surface area contributed by atoms with Gasteiger partial charge in [0, 0.05) is 6.61 Å². The maximum atomic E-state index is 12.5. The molecule has 34 heavy (non-hydrogen) atoms. The van der Waals surface area contributed by atoms with E-state index in [1.807, 2.05) is 0 Å². The molecule has 4 rings (SSSR count). The van der Waals surface area contributed by atoms with Gasteiger partial charge in [-0.2, -0.15) is 8.78 Å². The third kappa shape index (κ3) is 8.04. The molecule has 0 aromatic heterocycles. The Hall–Kier alpha value is -0.440. The lowest BCUT2D eigenvalue weighted by Gasteiger charge is -2.38. The van der Waals surface area contributed by atoms with E-state index in [0.717, 1.165) is 55.0 Å². The first-order valence-electron chi connectivity index (χ1n) is 15.2. The molecule has 0 aromatic rings. The average molecular weight is 479 g/mol. The molecule has 1 aliphatic heterocycles. The number of hydrogen-bond donors (Lipinski definition) is 0. The van der Waals surface area contributed by atoms with E-state index in [0.29, 0.717) is 6.10 Å². The summed E-state index contributed by atoms with van der Waals surface area (Å²) < 4.78 is 31.4. The van der Waals surface area contributed by atoms with Crippen molar-refractivity contribution in [1.82, 2.24) is 0 Å². The highest BCUT2D eigenvalue weighted by Crippen LogP contribution is 2.43. The van der Waals surface area contributed by atoms with Crippen molar-refractivity contribution in [2.45, 2.75) is 135 Å². The lowest BCUT2D eigenvalue weighted by Crippen LogP contribution is -2.34. The summed E-state index contributed by atoms with van der Waals surface area (Å²) in [7, 11) is 0. The normalized spacial score (nSPS) is 39.5. The monoisotopic (exact) mass is 478 g/mol. The molecule has 4 fully saturated rings. The average Bonchev–Trinajstić information content (AvgIpc) is 2.88. The van der Waals surface area contributed by atoms with Gasteiger partial charge >= 0.3 is 0 Å². The van der Waals surface area contributed by atoms with Crippen molar-refractivity contribution in [2.24, 2.45) is 41.4 Å². The van der Waals surface area contributed by atoms with Crippen molar-refractivity contribution in [3.05, 3.63) is 12.2 Å². The molecule has 0 N–H and O–H groups in total. The Kier molecular flexibility index (Phi) is 10.8. The minimum absolute atomic E-state index is 0.138. The summed E-state index contributed by atoms with van der Waals surface area (Å²) in [5.41, 5.74) is 0. The SMILES string of the molecule is CCC1CCC(C2CCC(CCCCC3CCC(C4CCC(C=C(F)F)CC4)CC3)CO2)CC1. The second kappa shape index (κ2) is 13.8. The van der Waals surface area contributed by atoms with Crippen LogP contribution in [0.25, 0.3) is 0 Å². The largest absolute Gasteiger partial charge is 0.378 e. The number of rotatable bonds is 9. The Morgan fingerprint density at radius 2 is 1.18 bits per heavy atom. The minimum atomic E-state index is -1.48. The van der Waals surface area contributed by atoms with E-state index in [9.17, 15) is 8.78 Å². The zero-order chi connectivity index (χ0) is 23.8. The molecule has 2 unspecified atom stereocenters. The van der Waals surface area contributed by atoms with Crippen LogP contribution in [0.1, 0.15) is 129 Å². The Morgan fingerprint density at radius 1 is 0.647 bits per heavy atom.